The van der Waals surface area contributed by atoms with E-state index in [4.69, 9.17) is 9.47 Å². The number of piperidine rings is 1. The number of hydrogen-bond donors (Lipinski definition) is 1. The second-order valence-corrected chi connectivity index (χ2v) is 7.25. The van der Waals surface area contributed by atoms with Gasteiger partial charge in [-0.05, 0) is 38.8 Å². The summed E-state index contributed by atoms with van der Waals surface area (Å²) in [6.45, 7) is 5.79. The Balaban J connectivity index is 1.60. The molecule has 2 aliphatic rings. The Kier molecular flexibility index (Phi) is 6.21. The van der Waals surface area contributed by atoms with Gasteiger partial charge in [0.25, 0.3) is 0 Å². The minimum atomic E-state index is 0.219. The summed E-state index contributed by atoms with van der Waals surface area (Å²) in [6, 6.07) is 0. The van der Waals surface area contributed by atoms with E-state index in [1.54, 1.807) is 7.11 Å². The van der Waals surface area contributed by atoms with Crippen LogP contribution in [0.3, 0.4) is 0 Å². The Hall–Kier alpha value is -0.760. The number of nitrogens with zero attached hydrogens (tertiary/aromatic N) is 3. The number of ether oxygens (including phenoxy) is 2. The molecule has 2 aliphatic heterocycles. The first-order valence-electron chi connectivity index (χ1n) is 8.71. The molecule has 3 rings (SSSR count). The second kappa shape index (κ2) is 8.37. The van der Waals surface area contributed by atoms with Crippen LogP contribution in [0.5, 0.6) is 0 Å². The third-order valence-electron chi connectivity index (χ3n) is 5.02. The number of hydrogen-bond acceptors (Lipinski definition) is 7. The number of likely N-dealkylation sites (tertiary alicyclic amines) is 1. The fraction of sp³-hybridized carbons (Fsp3) is 0.875. The van der Waals surface area contributed by atoms with Crippen LogP contribution >= 0.6 is 11.5 Å². The lowest BCUT2D eigenvalue weighted by Gasteiger charge is -2.48. The normalized spacial score (nSPS) is 22.1. The van der Waals surface area contributed by atoms with Gasteiger partial charge < -0.3 is 14.8 Å². The van der Waals surface area contributed by atoms with Crippen molar-refractivity contribution in [1.29, 1.82) is 0 Å². The summed E-state index contributed by atoms with van der Waals surface area (Å²) < 4.78 is 15.1. The van der Waals surface area contributed by atoms with E-state index in [-0.39, 0.29) is 5.54 Å². The fourth-order valence-corrected chi connectivity index (χ4v) is 4.19. The van der Waals surface area contributed by atoms with E-state index in [9.17, 15) is 0 Å². The Labute approximate surface area is 142 Å². The van der Waals surface area contributed by atoms with Gasteiger partial charge in [0.05, 0.1) is 6.61 Å². The number of rotatable bonds is 7. The van der Waals surface area contributed by atoms with E-state index in [0.29, 0.717) is 6.61 Å². The summed E-state index contributed by atoms with van der Waals surface area (Å²) in [5, 5.41) is 4.49. The van der Waals surface area contributed by atoms with Crippen molar-refractivity contribution in [3.05, 3.63) is 5.82 Å². The lowest BCUT2D eigenvalue weighted by atomic mass is 9.86. The minimum Gasteiger partial charge on any atom is -0.384 e. The average Bonchev–Trinajstić information content (AvgIpc) is 3.08. The Morgan fingerprint density at radius 2 is 2.04 bits per heavy atom. The Morgan fingerprint density at radius 1 is 1.26 bits per heavy atom. The van der Waals surface area contributed by atoms with Crippen LogP contribution in [0.4, 0.5) is 5.13 Å². The van der Waals surface area contributed by atoms with Gasteiger partial charge in [-0.3, -0.25) is 4.90 Å². The van der Waals surface area contributed by atoms with E-state index < -0.39 is 0 Å². The summed E-state index contributed by atoms with van der Waals surface area (Å²) in [6.07, 6.45) is 7.01. The van der Waals surface area contributed by atoms with E-state index in [1.807, 2.05) is 0 Å². The highest BCUT2D eigenvalue weighted by Gasteiger charge is 2.38. The van der Waals surface area contributed by atoms with Crippen LogP contribution in [0.25, 0.3) is 0 Å². The molecule has 130 valence electrons. The van der Waals surface area contributed by atoms with Gasteiger partial charge in [0, 0.05) is 50.4 Å². The molecular formula is C16H28N4O2S. The first-order chi connectivity index (χ1) is 11.3. The number of anilines is 1. The molecule has 0 aliphatic carbocycles. The van der Waals surface area contributed by atoms with Crippen molar-refractivity contribution in [2.24, 2.45) is 0 Å². The van der Waals surface area contributed by atoms with Gasteiger partial charge in [0.2, 0.25) is 5.13 Å². The average molecular weight is 340 g/mol. The molecule has 2 saturated heterocycles. The smallest absolute Gasteiger partial charge is 0.202 e. The number of methoxy groups -OCH3 is 1. The third-order valence-corrected chi connectivity index (χ3v) is 5.73. The van der Waals surface area contributed by atoms with E-state index in [2.05, 4.69) is 19.6 Å². The number of aromatic nitrogens is 2. The summed E-state index contributed by atoms with van der Waals surface area (Å²) in [5.41, 5.74) is 0.219. The topological polar surface area (TPSA) is 59.5 Å². The molecular weight excluding hydrogens is 312 g/mol. The third kappa shape index (κ3) is 4.41. The van der Waals surface area contributed by atoms with Gasteiger partial charge in [-0.2, -0.15) is 4.37 Å². The van der Waals surface area contributed by atoms with E-state index in [0.717, 1.165) is 50.0 Å². The van der Waals surface area contributed by atoms with Crippen LogP contribution in [0.2, 0.25) is 0 Å². The van der Waals surface area contributed by atoms with Gasteiger partial charge >= 0.3 is 0 Å². The molecule has 0 atom stereocenters. The lowest BCUT2D eigenvalue weighted by molar-refractivity contribution is -0.0293. The molecule has 1 aromatic heterocycles. The first-order valence-corrected chi connectivity index (χ1v) is 9.48. The number of nitrogens with one attached hydrogen (secondary N) is 1. The van der Waals surface area contributed by atoms with Gasteiger partial charge in [-0.15, -0.1) is 0 Å². The summed E-state index contributed by atoms with van der Waals surface area (Å²) in [5.74, 6) is 0.873. The van der Waals surface area contributed by atoms with E-state index in [1.165, 1.54) is 43.9 Å². The Morgan fingerprint density at radius 3 is 2.78 bits per heavy atom. The van der Waals surface area contributed by atoms with Crippen LogP contribution in [0.1, 0.15) is 37.9 Å². The largest absolute Gasteiger partial charge is 0.384 e. The van der Waals surface area contributed by atoms with Crippen molar-refractivity contribution < 1.29 is 9.47 Å². The molecule has 0 aromatic carbocycles. The molecule has 0 spiro atoms. The van der Waals surface area contributed by atoms with Crippen molar-refractivity contribution in [2.45, 2.75) is 44.1 Å². The second-order valence-electron chi connectivity index (χ2n) is 6.50. The molecule has 23 heavy (non-hydrogen) atoms. The molecule has 0 radical (unpaired) electrons. The van der Waals surface area contributed by atoms with Gasteiger partial charge in [0.1, 0.15) is 5.82 Å². The van der Waals surface area contributed by atoms with Crippen LogP contribution in [0.15, 0.2) is 0 Å². The van der Waals surface area contributed by atoms with Crippen LogP contribution in [-0.4, -0.2) is 66.4 Å². The first kappa shape index (κ1) is 17.1. The van der Waals surface area contributed by atoms with Gasteiger partial charge in [0.15, 0.2) is 0 Å². The molecule has 6 nitrogen and oxygen atoms in total. The molecule has 0 bridgehead atoms. The maximum atomic E-state index is 5.62. The van der Waals surface area contributed by atoms with Crippen molar-refractivity contribution in [2.75, 3.05) is 51.9 Å². The fourth-order valence-electron chi connectivity index (χ4n) is 3.59. The summed E-state index contributed by atoms with van der Waals surface area (Å²) in [7, 11) is 1.71. The van der Waals surface area contributed by atoms with Crippen molar-refractivity contribution >= 4 is 16.7 Å². The lowest BCUT2D eigenvalue weighted by Crippen LogP contribution is -2.57. The van der Waals surface area contributed by atoms with Crippen LogP contribution in [0, 0.1) is 0 Å². The molecule has 0 amide bonds. The molecule has 2 fully saturated rings. The molecule has 1 N–H and O–H groups in total. The zero-order valence-electron chi connectivity index (χ0n) is 14.1. The molecule has 3 heterocycles. The molecule has 7 heteroatoms. The monoisotopic (exact) mass is 340 g/mol. The molecule has 0 unspecified atom stereocenters. The van der Waals surface area contributed by atoms with Crippen LogP contribution < -0.4 is 5.32 Å². The standard InChI is InChI=1S/C16H28N4O2S/c1-21-10-5-14-18-15(23-19-14)17-13-16(6-11-22-12-7-16)20-8-3-2-4-9-20/h2-13H2,1H3,(H,17,18,19). The predicted octanol–water partition coefficient (Wildman–Crippen LogP) is 2.17. The maximum absolute atomic E-state index is 5.62. The quantitative estimate of drug-likeness (QED) is 0.821. The Bertz CT molecular complexity index is 470. The zero-order valence-corrected chi connectivity index (χ0v) is 14.9. The van der Waals surface area contributed by atoms with Crippen molar-refractivity contribution in [3.8, 4) is 0 Å². The van der Waals surface area contributed by atoms with Crippen LogP contribution in [-0.2, 0) is 15.9 Å². The maximum Gasteiger partial charge on any atom is 0.202 e. The molecule has 0 saturated carbocycles. The molecule has 1 aromatic rings. The highest BCUT2D eigenvalue weighted by molar-refractivity contribution is 7.09. The summed E-state index contributed by atoms with van der Waals surface area (Å²) in [4.78, 5) is 7.27. The predicted molar refractivity (Wildman–Crippen MR) is 92.2 cm³/mol. The highest BCUT2D eigenvalue weighted by atomic mass is 32.1. The SMILES string of the molecule is COCCc1nsc(NCC2(N3CCCCC3)CCOCC2)n1. The minimum absolute atomic E-state index is 0.219. The highest BCUT2D eigenvalue weighted by Crippen LogP contribution is 2.31. The van der Waals surface area contributed by atoms with Crippen molar-refractivity contribution in [3.63, 3.8) is 0 Å². The van der Waals surface area contributed by atoms with Crippen molar-refractivity contribution in [1.82, 2.24) is 14.3 Å². The van der Waals surface area contributed by atoms with E-state index >= 15 is 0 Å². The van der Waals surface area contributed by atoms with Gasteiger partial charge in [-0.1, -0.05) is 6.42 Å². The van der Waals surface area contributed by atoms with Gasteiger partial charge in [-0.25, -0.2) is 4.98 Å². The zero-order chi connectivity index (χ0) is 16.0. The summed E-state index contributed by atoms with van der Waals surface area (Å²) >= 11 is 1.46.